The summed E-state index contributed by atoms with van der Waals surface area (Å²) in [6.45, 7) is 4.29. The Bertz CT molecular complexity index is 2510. The standard InChI is InChI=1S/C41H41ClFN9O5S/c1-24-38(58-23-47-24)26-7-8-27(21-45-22-53)33(18-26)57-16-15-50(2)34(55)9-10-46-41-48-37-31(39(49-41)51-11-13-52(14-12-51)40(44)56)20-32(42)35(36(37)43)30-19-28(54)17-25-5-3-4-6-29(25)30/h3-8,17-20,22-23,54H,9-16,21H2,1-2H3,(H2,44,56)(H,45,53)(H,46,48,49). The first-order valence-corrected chi connectivity index (χ1v) is 19.8. The number of anilines is 2. The number of amides is 4. The van der Waals surface area contributed by atoms with Crippen molar-refractivity contribution in [1.29, 1.82) is 0 Å². The molecule has 300 valence electrons. The van der Waals surface area contributed by atoms with E-state index in [1.54, 1.807) is 29.6 Å². The minimum Gasteiger partial charge on any atom is -0.508 e. The Labute approximate surface area is 342 Å². The molecule has 0 aliphatic carbocycles. The van der Waals surface area contributed by atoms with E-state index in [0.29, 0.717) is 65.9 Å². The number of hydrogen-bond donors (Lipinski definition) is 4. The number of benzene rings is 4. The topological polar surface area (TPSA) is 179 Å². The fraction of sp³-hybridized carbons (Fsp3) is 0.268. The van der Waals surface area contributed by atoms with Crippen molar-refractivity contribution in [2.75, 3.05) is 63.1 Å². The van der Waals surface area contributed by atoms with E-state index in [9.17, 15) is 19.5 Å². The second-order valence-corrected chi connectivity index (χ2v) is 15.0. The number of carbonyl (C=O) groups is 3. The quantitative estimate of drug-likeness (QED) is 0.0930. The fourth-order valence-corrected chi connectivity index (χ4v) is 8.08. The third-order valence-corrected chi connectivity index (χ3v) is 11.3. The number of urea groups is 1. The number of rotatable bonds is 14. The SMILES string of the molecule is Cc1ncsc1-c1ccc(CNC=O)c(OCCN(C)C(=O)CCNc2nc(N3CCN(C(N)=O)CC3)c3cc(Cl)c(-c4cc(O)cc5ccccc45)c(F)c3n2)c1. The Morgan fingerprint density at radius 3 is 2.62 bits per heavy atom. The van der Waals surface area contributed by atoms with Crippen LogP contribution in [-0.2, 0) is 16.1 Å². The average Bonchev–Trinajstić information content (AvgIpc) is 3.65. The van der Waals surface area contributed by atoms with Crippen molar-refractivity contribution >= 4 is 74.7 Å². The molecule has 4 amide bonds. The van der Waals surface area contributed by atoms with E-state index < -0.39 is 11.8 Å². The van der Waals surface area contributed by atoms with E-state index in [0.717, 1.165) is 21.7 Å². The summed E-state index contributed by atoms with van der Waals surface area (Å²) in [7, 11) is 1.68. The predicted molar refractivity (Wildman–Crippen MR) is 224 cm³/mol. The van der Waals surface area contributed by atoms with Crippen LogP contribution in [0.15, 0.2) is 66.2 Å². The number of aromatic nitrogens is 3. The molecule has 1 aliphatic rings. The van der Waals surface area contributed by atoms with Gasteiger partial charge in [0.15, 0.2) is 5.82 Å². The molecule has 0 radical (unpaired) electrons. The number of nitrogens with one attached hydrogen (secondary N) is 2. The van der Waals surface area contributed by atoms with Crippen LogP contribution >= 0.6 is 22.9 Å². The van der Waals surface area contributed by atoms with Gasteiger partial charge in [0.1, 0.15) is 29.4 Å². The van der Waals surface area contributed by atoms with Gasteiger partial charge in [0.2, 0.25) is 18.3 Å². The van der Waals surface area contributed by atoms with Gasteiger partial charge in [-0.3, -0.25) is 9.59 Å². The van der Waals surface area contributed by atoms with Gasteiger partial charge in [0, 0.05) is 69.3 Å². The molecule has 3 heterocycles. The Morgan fingerprint density at radius 1 is 1.09 bits per heavy atom. The number of primary amides is 1. The van der Waals surface area contributed by atoms with Gasteiger partial charge in [0.25, 0.3) is 0 Å². The molecule has 7 rings (SSSR count). The number of halogens is 2. The van der Waals surface area contributed by atoms with E-state index in [1.165, 1.54) is 22.3 Å². The second-order valence-electron chi connectivity index (χ2n) is 13.8. The van der Waals surface area contributed by atoms with Crippen molar-refractivity contribution in [2.45, 2.75) is 19.9 Å². The molecule has 2 aromatic heterocycles. The molecule has 17 heteroatoms. The third kappa shape index (κ3) is 8.52. The van der Waals surface area contributed by atoms with E-state index in [2.05, 4.69) is 20.6 Å². The monoisotopic (exact) mass is 825 g/mol. The van der Waals surface area contributed by atoms with Crippen LogP contribution in [0.2, 0.25) is 5.02 Å². The maximum Gasteiger partial charge on any atom is 0.314 e. The first-order chi connectivity index (χ1) is 28.0. The van der Waals surface area contributed by atoms with Gasteiger partial charge in [-0.1, -0.05) is 48.0 Å². The van der Waals surface area contributed by atoms with E-state index in [1.807, 2.05) is 54.3 Å². The molecule has 1 fully saturated rings. The maximum atomic E-state index is 16.9. The molecule has 6 aromatic rings. The molecule has 1 saturated heterocycles. The number of thiazole rings is 1. The molecular weight excluding hydrogens is 785 g/mol. The van der Waals surface area contributed by atoms with Crippen molar-refractivity contribution in [1.82, 2.24) is 30.1 Å². The zero-order chi connectivity index (χ0) is 40.9. The number of phenolic OH excluding ortho intramolecular Hbond substituents is 1. The predicted octanol–water partition coefficient (Wildman–Crippen LogP) is 6.17. The number of aryl methyl sites for hydroxylation is 1. The zero-order valence-corrected chi connectivity index (χ0v) is 33.4. The highest BCUT2D eigenvalue weighted by Gasteiger charge is 2.26. The summed E-state index contributed by atoms with van der Waals surface area (Å²) in [5.41, 5.74) is 10.4. The summed E-state index contributed by atoms with van der Waals surface area (Å²) in [5, 5.41) is 18.2. The lowest BCUT2D eigenvalue weighted by Gasteiger charge is -2.35. The van der Waals surface area contributed by atoms with Gasteiger partial charge in [-0.15, -0.1) is 11.3 Å². The summed E-state index contributed by atoms with van der Waals surface area (Å²) < 4.78 is 23.0. The molecule has 5 N–H and O–H groups in total. The van der Waals surface area contributed by atoms with Crippen molar-refractivity contribution in [2.24, 2.45) is 5.73 Å². The lowest BCUT2D eigenvalue weighted by molar-refractivity contribution is -0.129. The van der Waals surface area contributed by atoms with Gasteiger partial charge in [-0.2, -0.15) is 4.98 Å². The smallest absolute Gasteiger partial charge is 0.314 e. The average molecular weight is 826 g/mol. The van der Waals surface area contributed by atoms with Gasteiger partial charge < -0.3 is 40.9 Å². The highest BCUT2D eigenvalue weighted by molar-refractivity contribution is 7.13. The highest BCUT2D eigenvalue weighted by atomic mass is 35.5. The summed E-state index contributed by atoms with van der Waals surface area (Å²) >= 11 is 8.37. The second kappa shape index (κ2) is 17.5. The van der Waals surface area contributed by atoms with Crippen LogP contribution in [0.25, 0.3) is 43.2 Å². The van der Waals surface area contributed by atoms with Crippen LogP contribution in [0, 0.1) is 12.7 Å². The summed E-state index contributed by atoms with van der Waals surface area (Å²) in [5.74, 6) is 0.177. The number of nitrogens with two attached hydrogens (primary N) is 1. The Morgan fingerprint density at radius 2 is 1.88 bits per heavy atom. The number of hydrogen-bond acceptors (Lipinski definition) is 11. The number of piperazine rings is 1. The van der Waals surface area contributed by atoms with E-state index in [4.69, 9.17) is 27.1 Å². The van der Waals surface area contributed by atoms with Crippen LogP contribution in [0.3, 0.4) is 0 Å². The molecule has 4 aromatic carbocycles. The molecule has 0 saturated carbocycles. The Balaban J connectivity index is 1.09. The Hall–Kier alpha value is -6.26. The number of phenols is 1. The van der Waals surface area contributed by atoms with Crippen molar-refractivity contribution in [3.63, 3.8) is 0 Å². The number of aromatic hydroxyl groups is 1. The van der Waals surface area contributed by atoms with Gasteiger partial charge in [-0.25, -0.2) is 19.2 Å². The lowest BCUT2D eigenvalue weighted by atomic mass is 9.96. The van der Waals surface area contributed by atoms with E-state index >= 15 is 4.39 Å². The van der Waals surface area contributed by atoms with Crippen LogP contribution in [0.1, 0.15) is 17.7 Å². The molecule has 0 bridgehead atoms. The van der Waals surface area contributed by atoms with Crippen molar-refractivity contribution < 1.29 is 28.6 Å². The zero-order valence-electron chi connectivity index (χ0n) is 31.8. The van der Waals surface area contributed by atoms with Crippen molar-refractivity contribution in [3.05, 3.63) is 88.3 Å². The molecule has 0 unspecified atom stereocenters. The molecule has 14 nitrogen and oxygen atoms in total. The third-order valence-electron chi connectivity index (χ3n) is 10.1. The van der Waals surface area contributed by atoms with Gasteiger partial charge >= 0.3 is 6.03 Å². The minimum atomic E-state index is -0.700. The van der Waals surface area contributed by atoms with Crippen LogP contribution in [-0.4, -0.2) is 101 Å². The molecule has 0 spiro atoms. The number of likely N-dealkylation sites (N-methyl/N-ethyl adjacent to an activating group) is 1. The number of fused-ring (bicyclic) bond motifs is 2. The molecule has 1 aliphatic heterocycles. The van der Waals surface area contributed by atoms with Crippen LogP contribution in [0.5, 0.6) is 11.5 Å². The van der Waals surface area contributed by atoms with Crippen LogP contribution in [0.4, 0.5) is 21.0 Å². The van der Waals surface area contributed by atoms with Crippen LogP contribution < -0.4 is 26.0 Å². The first kappa shape index (κ1) is 40.0. The van der Waals surface area contributed by atoms with Gasteiger partial charge in [-0.05, 0) is 53.1 Å². The van der Waals surface area contributed by atoms with Crippen molar-refractivity contribution in [3.8, 4) is 33.1 Å². The number of carbonyl (C=O) groups excluding carboxylic acids is 3. The normalized spacial score (nSPS) is 12.8. The fourth-order valence-electron chi connectivity index (χ4n) is 6.98. The number of nitrogens with zero attached hydrogens (tertiary/aromatic N) is 6. The number of ether oxygens (including phenoxy) is 1. The minimum absolute atomic E-state index is 0.00506. The Kier molecular flexibility index (Phi) is 12.0. The maximum absolute atomic E-state index is 16.9. The summed E-state index contributed by atoms with van der Waals surface area (Å²) in [6, 6.07) is 17.2. The molecule has 0 atom stereocenters. The lowest BCUT2D eigenvalue weighted by Crippen LogP contribution is -2.50. The summed E-state index contributed by atoms with van der Waals surface area (Å²) in [6.07, 6.45) is 0.701. The largest absolute Gasteiger partial charge is 0.508 e. The highest BCUT2D eigenvalue weighted by Crippen LogP contribution is 2.42. The van der Waals surface area contributed by atoms with Gasteiger partial charge in [0.05, 0.1) is 27.6 Å². The molecule has 58 heavy (non-hydrogen) atoms. The molecular formula is C41H41ClFN9O5S. The van der Waals surface area contributed by atoms with E-state index in [-0.39, 0.29) is 66.4 Å². The first-order valence-electron chi connectivity index (χ1n) is 18.5. The summed E-state index contributed by atoms with van der Waals surface area (Å²) in [4.78, 5) is 55.8.